The number of nitrogen functional groups attached to an aromatic ring is 2. The second kappa shape index (κ2) is 5.28. The number of carbonyl (C=O) groups is 1. The molecule has 0 aliphatic heterocycles. The molecule has 0 spiro atoms. The third-order valence-corrected chi connectivity index (χ3v) is 3.13. The first-order valence-electron chi connectivity index (χ1n) is 6.40. The largest absolute Gasteiger partial charge is 0.466 e. The monoisotopic (exact) mass is 273 g/mol. The van der Waals surface area contributed by atoms with Gasteiger partial charge in [0.25, 0.3) is 5.91 Å². The van der Waals surface area contributed by atoms with E-state index in [2.05, 4.69) is 5.32 Å². The van der Waals surface area contributed by atoms with Gasteiger partial charge in [0.2, 0.25) is 0 Å². The summed E-state index contributed by atoms with van der Waals surface area (Å²) in [4.78, 5) is 12.2. The molecule has 5 nitrogen and oxygen atoms in total. The molecule has 1 aromatic carbocycles. The number of amides is 1. The third-order valence-electron chi connectivity index (χ3n) is 3.13. The fourth-order valence-corrected chi connectivity index (χ4v) is 2.25. The number of benzene rings is 1. The quantitative estimate of drug-likeness (QED) is 0.749. The van der Waals surface area contributed by atoms with Crippen molar-refractivity contribution in [3.05, 3.63) is 46.9 Å². The molecule has 5 N–H and O–H groups in total. The predicted molar refractivity (Wildman–Crippen MR) is 79.3 cm³/mol. The Balaban J connectivity index is 2.17. The number of nitrogens with two attached hydrogens (primary N) is 2. The van der Waals surface area contributed by atoms with Gasteiger partial charge >= 0.3 is 0 Å². The zero-order chi connectivity index (χ0) is 14.9. The molecule has 20 heavy (non-hydrogen) atoms. The first-order valence-corrected chi connectivity index (χ1v) is 6.40. The van der Waals surface area contributed by atoms with Gasteiger partial charge in [-0.3, -0.25) is 4.79 Å². The number of aryl methyl sites for hydroxylation is 2. The lowest BCUT2D eigenvalue weighted by molar-refractivity contribution is 0.0940. The van der Waals surface area contributed by atoms with E-state index in [1.807, 2.05) is 26.8 Å². The van der Waals surface area contributed by atoms with Crippen molar-refractivity contribution >= 4 is 17.3 Å². The third kappa shape index (κ3) is 2.93. The number of carbonyl (C=O) groups excluding carboxylic acids is 1. The van der Waals surface area contributed by atoms with E-state index in [4.69, 9.17) is 15.9 Å². The molecule has 2 rings (SSSR count). The predicted octanol–water partition coefficient (Wildman–Crippen LogP) is 2.55. The van der Waals surface area contributed by atoms with Crippen molar-refractivity contribution in [3.8, 4) is 0 Å². The Bertz CT molecular complexity index is 626. The van der Waals surface area contributed by atoms with Crippen molar-refractivity contribution in [2.75, 3.05) is 11.5 Å². The van der Waals surface area contributed by atoms with E-state index in [0.29, 0.717) is 16.9 Å². The van der Waals surface area contributed by atoms with Crippen LogP contribution in [0.15, 0.2) is 28.7 Å². The summed E-state index contributed by atoms with van der Waals surface area (Å²) in [7, 11) is 0. The molecule has 0 aliphatic rings. The maximum Gasteiger partial charge on any atom is 0.251 e. The van der Waals surface area contributed by atoms with Crippen LogP contribution in [-0.2, 0) is 0 Å². The van der Waals surface area contributed by atoms with Crippen LogP contribution in [-0.4, -0.2) is 5.91 Å². The lowest BCUT2D eigenvalue weighted by atomic mass is 10.1. The van der Waals surface area contributed by atoms with E-state index in [1.165, 1.54) is 0 Å². The van der Waals surface area contributed by atoms with Gasteiger partial charge in [-0.15, -0.1) is 0 Å². The summed E-state index contributed by atoms with van der Waals surface area (Å²) in [5.74, 6) is 1.42. The van der Waals surface area contributed by atoms with E-state index in [9.17, 15) is 4.79 Å². The second-order valence-electron chi connectivity index (χ2n) is 4.95. The van der Waals surface area contributed by atoms with Crippen LogP contribution in [0.5, 0.6) is 0 Å². The van der Waals surface area contributed by atoms with Gasteiger partial charge < -0.3 is 21.2 Å². The molecule has 0 bridgehead atoms. The molecule has 2 aromatic rings. The summed E-state index contributed by atoms with van der Waals surface area (Å²) in [6.45, 7) is 5.66. The Hall–Kier alpha value is -2.43. The molecule has 0 saturated carbocycles. The number of furan rings is 1. The Morgan fingerprint density at radius 2 is 1.75 bits per heavy atom. The fraction of sp³-hybridized carbons (Fsp3) is 0.267. The fourth-order valence-electron chi connectivity index (χ4n) is 2.25. The van der Waals surface area contributed by atoms with E-state index in [-0.39, 0.29) is 11.9 Å². The van der Waals surface area contributed by atoms with Gasteiger partial charge in [0, 0.05) is 22.5 Å². The zero-order valence-electron chi connectivity index (χ0n) is 11.9. The van der Waals surface area contributed by atoms with Gasteiger partial charge in [0.05, 0.1) is 6.04 Å². The Morgan fingerprint density at radius 3 is 2.25 bits per heavy atom. The van der Waals surface area contributed by atoms with Crippen LogP contribution in [0.25, 0.3) is 0 Å². The molecule has 0 saturated heterocycles. The minimum Gasteiger partial charge on any atom is -0.466 e. The van der Waals surface area contributed by atoms with E-state index in [0.717, 1.165) is 17.1 Å². The molecular formula is C15H19N3O2. The number of hydrogen-bond acceptors (Lipinski definition) is 4. The van der Waals surface area contributed by atoms with Gasteiger partial charge in [-0.25, -0.2) is 0 Å². The van der Waals surface area contributed by atoms with Crippen LogP contribution in [0.3, 0.4) is 0 Å². The highest BCUT2D eigenvalue weighted by Gasteiger charge is 2.16. The minimum absolute atomic E-state index is 0.150. The number of rotatable bonds is 3. The highest BCUT2D eigenvalue weighted by atomic mass is 16.3. The highest BCUT2D eigenvalue weighted by molar-refractivity contribution is 5.96. The first-order chi connectivity index (χ1) is 9.36. The minimum atomic E-state index is -0.213. The molecule has 0 fully saturated rings. The van der Waals surface area contributed by atoms with Crippen molar-refractivity contribution in [2.45, 2.75) is 26.8 Å². The van der Waals surface area contributed by atoms with Crippen molar-refractivity contribution in [2.24, 2.45) is 0 Å². The van der Waals surface area contributed by atoms with Crippen molar-refractivity contribution < 1.29 is 9.21 Å². The summed E-state index contributed by atoms with van der Waals surface area (Å²) >= 11 is 0. The average Bonchev–Trinajstić information content (AvgIpc) is 2.67. The Labute approximate surface area is 117 Å². The van der Waals surface area contributed by atoms with Gasteiger partial charge in [0.1, 0.15) is 11.5 Å². The van der Waals surface area contributed by atoms with E-state index >= 15 is 0 Å². The molecular weight excluding hydrogens is 254 g/mol. The second-order valence-corrected chi connectivity index (χ2v) is 4.95. The molecule has 0 radical (unpaired) electrons. The average molecular weight is 273 g/mol. The summed E-state index contributed by atoms with van der Waals surface area (Å²) < 4.78 is 5.47. The molecule has 1 amide bonds. The standard InChI is InChI=1S/C15H19N3O2/c1-8-4-14(10(3)20-8)9(2)18-15(19)11-5-12(16)7-13(17)6-11/h4-7,9H,16-17H2,1-3H3,(H,18,19). The normalized spacial score (nSPS) is 12.2. The van der Waals surface area contributed by atoms with Gasteiger partial charge in [0.15, 0.2) is 0 Å². The molecule has 106 valence electrons. The number of hydrogen-bond donors (Lipinski definition) is 3. The van der Waals surface area contributed by atoms with E-state index in [1.54, 1.807) is 18.2 Å². The van der Waals surface area contributed by atoms with Crippen molar-refractivity contribution in [1.82, 2.24) is 5.32 Å². The summed E-state index contributed by atoms with van der Waals surface area (Å²) in [5, 5.41) is 2.91. The number of nitrogens with one attached hydrogen (secondary N) is 1. The highest BCUT2D eigenvalue weighted by Crippen LogP contribution is 2.22. The Morgan fingerprint density at radius 1 is 1.15 bits per heavy atom. The lowest BCUT2D eigenvalue weighted by Crippen LogP contribution is -2.27. The molecule has 1 heterocycles. The summed E-state index contributed by atoms with van der Waals surface area (Å²) in [6.07, 6.45) is 0. The molecule has 5 heteroatoms. The summed E-state index contributed by atoms with van der Waals surface area (Å²) in [5.41, 5.74) is 13.7. The molecule has 1 unspecified atom stereocenters. The van der Waals surface area contributed by atoms with Crippen LogP contribution in [0.4, 0.5) is 11.4 Å². The van der Waals surface area contributed by atoms with Crippen LogP contribution in [0.2, 0.25) is 0 Å². The maximum absolute atomic E-state index is 12.2. The first kappa shape index (κ1) is 14.0. The maximum atomic E-state index is 12.2. The number of anilines is 2. The van der Waals surface area contributed by atoms with Crippen molar-refractivity contribution in [1.29, 1.82) is 0 Å². The van der Waals surface area contributed by atoms with Crippen molar-refractivity contribution in [3.63, 3.8) is 0 Å². The van der Waals surface area contributed by atoms with Gasteiger partial charge in [-0.2, -0.15) is 0 Å². The van der Waals surface area contributed by atoms with Crippen LogP contribution < -0.4 is 16.8 Å². The lowest BCUT2D eigenvalue weighted by Gasteiger charge is -2.14. The SMILES string of the molecule is Cc1cc(C(C)NC(=O)c2cc(N)cc(N)c2)c(C)o1. The molecule has 0 aliphatic carbocycles. The van der Waals surface area contributed by atoms with E-state index < -0.39 is 0 Å². The zero-order valence-corrected chi connectivity index (χ0v) is 11.9. The topological polar surface area (TPSA) is 94.3 Å². The summed E-state index contributed by atoms with van der Waals surface area (Å²) in [6, 6.07) is 6.60. The molecule has 1 atom stereocenters. The van der Waals surface area contributed by atoms with Crippen LogP contribution in [0, 0.1) is 13.8 Å². The van der Waals surface area contributed by atoms with Crippen LogP contribution >= 0.6 is 0 Å². The molecule has 1 aromatic heterocycles. The Kier molecular flexibility index (Phi) is 3.70. The van der Waals surface area contributed by atoms with Gasteiger partial charge in [-0.1, -0.05) is 0 Å². The smallest absolute Gasteiger partial charge is 0.251 e. The van der Waals surface area contributed by atoms with Crippen LogP contribution in [0.1, 0.15) is 40.4 Å². The van der Waals surface area contributed by atoms with Gasteiger partial charge in [-0.05, 0) is 45.0 Å².